The molecule has 0 rings (SSSR count). The SMILES string of the molecule is CC/C=C\C/C=C\C/C=C\C/C=C\C/C=C\C/C=C\C/C=C\CCCC(=O)OCC(COC(=O)CCCCCCCCCCCCCCC)OC(=O)CCCCCCCCCCCCCCCCCCCCC. The molecule has 6 nitrogen and oxygen atoms in total. The highest BCUT2D eigenvalue weighted by molar-refractivity contribution is 5.71. The number of carbonyl (C=O) groups excluding carboxylic acids is 3. The van der Waals surface area contributed by atoms with Crippen LogP contribution in [-0.2, 0) is 28.6 Å². The highest BCUT2D eigenvalue weighted by Crippen LogP contribution is 2.17. The normalized spacial score (nSPS) is 12.6. The summed E-state index contributed by atoms with van der Waals surface area (Å²) < 4.78 is 16.9. The number of allylic oxidation sites excluding steroid dienone is 14. The fraction of sp³-hybridized carbons (Fsp3) is 0.746. The molecule has 0 aromatic rings. The average Bonchev–Trinajstić information content (AvgIpc) is 3.39. The molecule has 0 saturated heterocycles. The second-order valence-corrected chi connectivity index (χ2v) is 20.6. The van der Waals surface area contributed by atoms with Gasteiger partial charge >= 0.3 is 17.9 Å². The lowest BCUT2D eigenvalue weighted by atomic mass is 10.0. The van der Waals surface area contributed by atoms with Gasteiger partial charge in [0.05, 0.1) is 0 Å². The van der Waals surface area contributed by atoms with Gasteiger partial charge in [0.1, 0.15) is 13.2 Å². The summed E-state index contributed by atoms with van der Waals surface area (Å²) in [6, 6.07) is 0. The minimum absolute atomic E-state index is 0.0904. The molecule has 73 heavy (non-hydrogen) atoms. The van der Waals surface area contributed by atoms with E-state index >= 15 is 0 Å². The van der Waals surface area contributed by atoms with Crippen molar-refractivity contribution >= 4 is 17.9 Å². The molecule has 6 heteroatoms. The first-order valence-corrected chi connectivity index (χ1v) is 31.1. The summed E-state index contributed by atoms with van der Waals surface area (Å²) in [6.45, 7) is 6.51. The molecule has 0 aliphatic rings. The van der Waals surface area contributed by atoms with Crippen molar-refractivity contribution in [3.05, 3.63) is 85.1 Å². The Morgan fingerprint density at radius 3 is 0.836 bits per heavy atom. The maximum Gasteiger partial charge on any atom is 0.306 e. The predicted octanol–water partition coefficient (Wildman–Crippen LogP) is 21.1. The summed E-state index contributed by atoms with van der Waals surface area (Å²) in [7, 11) is 0. The first kappa shape index (κ1) is 69.6. The van der Waals surface area contributed by atoms with Crippen LogP contribution < -0.4 is 0 Å². The quantitative estimate of drug-likeness (QED) is 0.0261. The molecular formula is C67H116O6. The Labute approximate surface area is 452 Å². The highest BCUT2D eigenvalue weighted by atomic mass is 16.6. The van der Waals surface area contributed by atoms with Gasteiger partial charge < -0.3 is 14.2 Å². The molecule has 0 aliphatic heterocycles. The van der Waals surface area contributed by atoms with Gasteiger partial charge in [0, 0.05) is 19.3 Å². The smallest absolute Gasteiger partial charge is 0.306 e. The third-order valence-corrected chi connectivity index (χ3v) is 13.4. The number of carbonyl (C=O) groups is 3. The van der Waals surface area contributed by atoms with Crippen molar-refractivity contribution in [3.63, 3.8) is 0 Å². The highest BCUT2D eigenvalue weighted by Gasteiger charge is 2.19. The van der Waals surface area contributed by atoms with Gasteiger partial charge in [-0.05, 0) is 70.6 Å². The van der Waals surface area contributed by atoms with Crippen LogP contribution >= 0.6 is 0 Å². The molecule has 1 atom stereocenters. The summed E-state index contributed by atoms with van der Waals surface area (Å²) in [5.41, 5.74) is 0. The van der Waals surface area contributed by atoms with Crippen LogP contribution in [0.25, 0.3) is 0 Å². The van der Waals surface area contributed by atoms with E-state index in [-0.39, 0.29) is 37.5 Å². The molecule has 0 fully saturated rings. The molecule has 0 aliphatic carbocycles. The second kappa shape index (κ2) is 61.1. The summed E-state index contributed by atoms with van der Waals surface area (Å²) in [5.74, 6) is -0.939. The van der Waals surface area contributed by atoms with Gasteiger partial charge in [-0.15, -0.1) is 0 Å². The van der Waals surface area contributed by atoms with Crippen LogP contribution in [0.2, 0.25) is 0 Å². The zero-order valence-electron chi connectivity index (χ0n) is 48.1. The number of rotatable bonds is 56. The number of hydrogen-bond donors (Lipinski definition) is 0. The fourth-order valence-corrected chi connectivity index (χ4v) is 8.79. The molecule has 0 saturated carbocycles. The fourth-order valence-electron chi connectivity index (χ4n) is 8.79. The molecule has 0 radical (unpaired) electrons. The molecule has 0 amide bonds. The minimum atomic E-state index is -0.798. The molecule has 0 aromatic carbocycles. The maximum atomic E-state index is 12.9. The average molecular weight is 1020 g/mol. The van der Waals surface area contributed by atoms with E-state index in [9.17, 15) is 14.4 Å². The Bertz CT molecular complexity index is 1400. The van der Waals surface area contributed by atoms with Crippen LogP contribution in [0.3, 0.4) is 0 Å². The van der Waals surface area contributed by atoms with Crippen molar-refractivity contribution in [2.24, 2.45) is 0 Å². The van der Waals surface area contributed by atoms with Crippen LogP contribution in [-0.4, -0.2) is 37.2 Å². The molecule has 0 heterocycles. The van der Waals surface area contributed by atoms with E-state index in [2.05, 4.69) is 106 Å². The number of esters is 3. The maximum absolute atomic E-state index is 12.9. The molecule has 0 spiro atoms. The lowest BCUT2D eigenvalue weighted by molar-refractivity contribution is -0.167. The lowest BCUT2D eigenvalue weighted by Gasteiger charge is -2.18. The van der Waals surface area contributed by atoms with Crippen LogP contribution in [0.15, 0.2) is 85.1 Å². The van der Waals surface area contributed by atoms with Crippen LogP contribution in [0.4, 0.5) is 0 Å². The van der Waals surface area contributed by atoms with E-state index in [4.69, 9.17) is 14.2 Å². The largest absolute Gasteiger partial charge is 0.462 e. The molecule has 1 unspecified atom stereocenters. The van der Waals surface area contributed by atoms with E-state index < -0.39 is 6.10 Å². The van der Waals surface area contributed by atoms with E-state index in [1.54, 1.807) is 0 Å². The summed E-state index contributed by atoms with van der Waals surface area (Å²) in [6.07, 6.45) is 80.2. The van der Waals surface area contributed by atoms with E-state index in [0.29, 0.717) is 19.3 Å². The van der Waals surface area contributed by atoms with Crippen molar-refractivity contribution in [1.29, 1.82) is 0 Å². The van der Waals surface area contributed by atoms with E-state index in [0.717, 1.165) is 89.9 Å². The molecule has 0 N–H and O–H groups in total. The Balaban J connectivity index is 4.42. The standard InChI is InChI=1S/C67H116O6/c1-4-7-10-13-16-19-22-25-27-29-31-32-33-34-36-37-39-42-45-48-51-54-57-60-66(69)72-63-64(62-71-65(68)59-56-53-50-47-44-41-24-21-18-15-12-9-6-3)73-67(70)61-58-55-52-49-46-43-40-38-35-30-28-26-23-20-17-14-11-8-5-2/h7,10,16,19,25,27,31-32,34,36,39,42,48,51,64H,4-6,8-9,11-15,17-18,20-24,26,28-30,33,35,37-38,40-41,43-47,49-50,52-63H2,1-3H3/b10-7-,19-16-,27-25-,32-31-,36-34-,42-39-,51-48-. The zero-order chi connectivity index (χ0) is 52.9. The van der Waals surface area contributed by atoms with Gasteiger partial charge in [-0.25, -0.2) is 0 Å². The van der Waals surface area contributed by atoms with Gasteiger partial charge in [-0.1, -0.05) is 298 Å². The van der Waals surface area contributed by atoms with Crippen LogP contribution in [0, 0.1) is 0 Å². The van der Waals surface area contributed by atoms with Gasteiger partial charge in [0.15, 0.2) is 6.10 Å². The van der Waals surface area contributed by atoms with E-state index in [1.807, 2.05) is 0 Å². The van der Waals surface area contributed by atoms with Crippen molar-refractivity contribution in [3.8, 4) is 0 Å². The Morgan fingerprint density at radius 2 is 0.534 bits per heavy atom. The van der Waals surface area contributed by atoms with Crippen LogP contribution in [0.5, 0.6) is 0 Å². The van der Waals surface area contributed by atoms with Crippen molar-refractivity contribution < 1.29 is 28.6 Å². The minimum Gasteiger partial charge on any atom is -0.462 e. The third kappa shape index (κ3) is 59.3. The van der Waals surface area contributed by atoms with Crippen molar-refractivity contribution in [2.45, 2.75) is 309 Å². The Kier molecular flexibility index (Phi) is 58.3. The summed E-state index contributed by atoms with van der Waals surface area (Å²) in [5, 5.41) is 0. The number of unbranched alkanes of at least 4 members (excludes halogenated alkanes) is 31. The molecule has 0 bridgehead atoms. The van der Waals surface area contributed by atoms with Gasteiger partial charge in [-0.2, -0.15) is 0 Å². The first-order valence-electron chi connectivity index (χ1n) is 31.1. The number of ether oxygens (including phenoxy) is 3. The van der Waals surface area contributed by atoms with Gasteiger partial charge in [0.25, 0.3) is 0 Å². The Hall–Kier alpha value is -3.41. The van der Waals surface area contributed by atoms with Gasteiger partial charge in [-0.3, -0.25) is 14.4 Å². The van der Waals surface area contributed by atoms with Crippen molar-refractivity contribution in [2.75, 3.05) is 13.2 Å². The van der Waals surface area contributed by atoms with E-state index in [1.165, 1.54) is 167 Å². The number of hydrogen-bond acceptors (Lipinski definition) is 6. The third-order valence-electron chi connectivity index (χ3n) is 13.4. The molecular weight excluding hydrogens is 901 g/mol. The van der Waals surface area contributed by atoms with Gasteiger partial charge in [0.2, 0.25) is 0 Å². The monoisotopic (exact) mass is 1020 g/mol. The zero-order valence-corrected chi connectivity index (χ0v) is 48.1. The van der Waals surface area contributed by atoms with Crippen LogP contribution in [0.1, 0.15) is 303 Å². The molecule has 0 aromatic heterocycles. The lowest BCUT2D eigenvalue weighted by Crippen LogP contribution is -2.30. The predicted molar refractivity (Wildman–Crippen MR) is 316 cm³/mol. The van der Waals surface area contributed by atoms with Crippen molar-refractivity contribution in [1.82, 2.24) is 0 Å². The topological polar surface area (TPSA) is 78.9 Å². The second-order valence-electron chi connectivity index (χ2n) is 20.6. The first-order chi connectivity index (χ1) is 36.0. The summed E-state index contributed by atoms with van der Waals surface area (Å²) >= 11 is 0. The summed E-state index contributed by atoms with van der Waals surface area (Å²) in [4.78, 5) is 38.2. The molecule has 420 valence electrons. The Morgan fingerprint density at radius 1 is 0.288 bits per heavy atom.